The van der Waals surface area contributed by atoms with Crippen molar-refractivity contribution >= 4 is 34.1 Å². The van der Waals surface area contributed by atoms with E-state index in [1.54, 1.807) is 18.0 Å². The molecular formula is C20H19N5O2S2. The van der Waals surface area contributed by atoms with Crippen molar-refractivity contribution in [3.05, 3.63) is 65.1 Å². The number of thiazole rings is 1. The Balaban J connectivity index is 1.59. The fraction of sp³-hybridized carbons (Fsp3) is 0.200. The number of nitrogens with zero attached hydrogens (tertiary/aromatic N) is 4. The van der Waals surface area contributed by atoms with Crippen LogP contribution in [0, 0.1) is 6.92 Å². The molecule has 0 unspecified atom stereocenters. The number of furan rings is 1. The topological polar surface area (TPSA) is 85.8 Å². The summed E-state index contributed by atoms with van der Waals surface area (Å²) in [6.45, 7) is 4.05. The zero-order valence-corrected chi connectivity index (χ0v) is 17.6. The molecule has 3 aromatic heterocycles. The minimum absolute atomic E-state index is 0.124. The van der Waals surface area contributed by atoms with E-state index < -0.39 is 0 Å². The van der Waals surface area contributed by atoms with Gasteiger partial charge >= 0.3 is 0 Å². The molecule has 148 valence electrons. The van der Waals surface area contributed by atoms with E-state index in [4.69, 9.17) is 4.42 Å². The molecule has 3 heterocycles. The number of hydrogen-bond donors (Lipinski definition) is 1. The highest BCUT2D eigenvalue weighted by Gasteiger charge is 2.18. The molecule has 1 aromatic carbocycles. The van der Waals surface area contributed by atoms with E-state index in [1.807, 2.05) is 36.6 Å². The third-order valence-electron chi connectivity index (χ3n) is 4.18. The van der Waals surface area contributed by atoms with Gasteiger partial charge in [-0.25, -0.2) is 4.98 Å². The molecule has 0 radical (unpaired) electrons. The number of nitrogens with one attached hydrogen (secondary N) is 1. The number of anilines is 1. The van der Waals surface area contributed by atoms with Gasteiger partial charge < -0.3 is 9.73 Å². The molecule has 0 fully saturated rings. The number of rotatable bonds is 7. The first-order chi connectivity index (χ1) is 14.1. The largest absolute Gasteiger partial charge is 0.469 e. The van der Waals surface area contributed by atoms with Crippen molar-refractivity contribution in [2.45, 2.75) is 31.3 Å². The summed E-state index contributed by atoms with van der Waals surface area (Å²) in [4.78, 5) is 15.6. The van der Waals surface area contributed by atoms with Crippen LogP contribution in [0.5, 0.6) is 0 Å². The summed E-state index contributed by atoms with van der Waals surface area (Å²) < 4.78 is 7.56. The number of aryl methyl sites for hydroxylation is 1. The lowest BCUT2D eigenvalue weighted by Crippen LogP contribution is -2.05. The average Bonchev–Trinajstić information content (AvgIpc) is 3.41. The number of thioether (sulfide) groups is 1. The molecule has 1 N–H and O–H groups in total. The molecule has 29 heavy (non-hydrogen) atoms. The molecule has 0 aliphatic rings. The fourth-order valence-electron chi connectivity index (χ4n) is 2.84. The van der Waals surface area contributed by atoms with E-state index in [0.717, 1.165) is 33.6 Å². The van der Waals surface area contributed by atoms with Gasteiger partial charge in [0, 0.05) is 18.1 Å². The van der Waals surface area contributed by atoms with Crippen molar-refractivity contribution in [3.63, 3.8) is 0 Å². The Hall–Kier alpha value is -2.91. The molecule has 0 bridgehead atoms. The lowest BCUT2D eigenvalue weighted by Gasteiger charge is -2.10. The van der Waals surface area contributed by atoms with Gasteiger partial charge in [-0.3, -0.25) is 9.36 Å². The summed E-state index contributed by atoms with van der Waals surface area (Å²) in [5.74, 6) is 2.09. The highest BCUT2D eigenvalue weighted by molar-refractivity contribution is 7.98. The Morgan fingerprint density at radius 2 is 2.07 bits per heavy atom. The summed E-state index contributed by atoms with van der Waals surface area (Å²) in [7, 11) is 0. The van der Waals surface area contributed by atoms with Gasteiger partial charge in [-0.15, -0.1) is 21.5 Å². The molecule has 4 rings (SSSR count). The van der Waals surface area contributed by atoms with Gasteiger partial charge in [-0.2, -0.15) is 0 Å². The Labute approximate surface area is 176 Å². The first-order valence-electron chi connectivity index (χ1n) is 8.96. The molecule has 0 aliphatic heterocycles. The Kier molecular flexibility index (Phi) is 5.77. The minimum Gasteiger partial charge on any atom is -0.469 e. The van der Waals surface area contributed by atoms with Crippen LogP contribution in [-0.4, -0.2) is 25.7 Å². The summed E-state index contributed by atoms with van der Waals surface area (Å²) in [6, 6.07) is 12.1. The van der Waals surface area contributed by atoms with Crippen molar-refractivity contribution in [3.8, 4) is 11.4 Å². The zero-order valence-electron chi connectivity index (χ0n) is 16.0. The maximum atomic E-state index is 11.2. The average molecular weight is 426 g/mol. The molecule has 7 nitrogen and oxygen atoms in total. The predicted molar refractivity (Wildman–Crippen MR) is 114 cm³/mol. The molecule has 4 aromatic rings. The minimum atomic E-state index is -0.124. The second-order valence-corrected chi connectivity index (χ2v) is 8.18. The first-order valence-corrected chi connectivity index (χ1v) is 10.8. The quantitative estimate of drug-likeness (QED) is 0.436. The summed E-state index contributed by atoms with van der Waals surface area (Å²) in [6.07, 6.45) is 1.66. The van der Waals surface area contributed by atoms with E-state index in [1.165, 1.54) is 18.3 Å². The standard InChI is InChI=1S/C20H19N5O2S2/c1-13-17(8-9-27-13)18-23-24-20(25(18)10-15-6-4-3-5-7-15)29-12-16-11-28-19(22-16)21-14(2)26/h3-9,11H,10,12H2,1-2H3,(H,21,22,26). The first kappa shape index (κ1) is 19.4. The predicted octanol–water partition coefficient (Wildman–Crippen LogP) is 4.60. The van der Waals surface area contributed by atoms with Crippen molar-refractivity contribution in [2.75, 3.05) is 5.32 Å². The van der Waals surface area contributed by atoms with Crippen LogP contribution in [0.3, 0.4) is 0 Å². The summed E-state index contributed by atoms with van der Waals surface area (Å²) >= 11 is 2.98. The number of aromatic nitrogens is 4. The van der Waals surface area contributed by atoms with E-state index in [-0.39, 0.29) is 5.91 Å². The maximum Gasteiger partial charge on any atom is 0.223 e. The van der Waals surface area contributed by atoms with Gasteiger partial charge in [0.1, 0.15) is 5.76 Å². The van der Waals surface area contributed by atoms with Crippen LogP contribution in [0.4, 0.5) is 5.13 Å². The molecule has 0 spiro atoms. The monoisotopic (exact) mass is 425 g/mol. The molecule has 0 saturated heterocycles. The number of carbonyl (C=O) groups excluding carboxylic acids is 1. The van der Waals surface area contributed by atoms with Crippen molar-refractivity contribution in [1.82, 2.24) is 19.7 Å². The number of amides is 1. The van der Waals surface area contributed by atoms with Crippen LogP contribution in [0.1, 0.15) is 23.9 Å². The summed E-state index contributed by atoms with van der Waals surface area (Å²) in [5.41, 5.74) is 2.99. The van der Waals surface area contributed by atoms with Crippen molar-refractivity contribution in [1.29, 1.82) is 0 Å². The molecule has 1 amide bonds. The number of hydrogen-bond acceptors (Lipinski definition) is 7. The molecular weight excluding hydrogens is 406 g/mol. The van der Waals surface area contributed by atoms with E-state index in [0.29, 0.717) is 17.4 Å². The van der Waals surface area contributed by atoms with Gasteiger partial charge in [-0.1, -0.05) is 42.1 Å². The smallest absolute Gasteiger partial charge is 0.223 e. The van der Waals surface area contributed by atoms with Crippen LogP contribution in [0.25, 0.3) is 11.4 Å². The van der Waals surface area contributed by atoms with Crippen LogP contribution in [0.2, 0.25) is 0 Å². The highest BCUT2D eigenvalue weighted by atomic mass is 32.2. The summed E-state index contributed by atoms with van der Waals surface area (Å²) in [5, 5.41) is 14.9. The third kappa shape index (κ3) is 4.57. The molecule has 9 heteroatoms. The lowest BCUT2D eigenvalue weighted by atomic mass is 10.2. The van der Waals surface area contributed by atoms with Gasteiger partial charge in [0.15, 0.2) is 16.1 Å². The number of benzene rings is 1. The van der Waals surface area contributed by atoms with E-state index in [2.05, 4.69) is 37.2 Å². The molecule has 0 aliphatic carbocycles. The second-order valence-electron chi connectivity index (χ2n) is 6.38. The fourth-order valence-corrected chi connectivity index (χ4v) is 4.53. The second kappa shape index (κ2) is 8.62. The van der Waals surface area contributed by atoms with E-state index >= 15 is 0 Å². The van der Waals surface area contributed by atoms with Crippen LogP contribution in [0.15, 0.2) is 57.6 Å². The van der Waals surface area contributed by atoms with Crippen molar-refractivity contribution < 1.29 is 9.21 Å². The van der Waals surface area contributed by atoms with Crippen molar-refractivity contribution in [2.24, 2.45) is 0 Å². The van der Waals surface area contributed by atoms with Gasteiger partial charge in [0.25, 0.3) is 0 Å². The van der Waals surface area contributed by atoms with Gasteiger partial charge in [0.05, 0.1) is 24.1 Å². The molecule has 0 saturated carbocycles. The van der Waals surface area contributed by atoms with Crippen LogP contribution >= 0.6 is 23.1 Å². The normalized spacial score (nSPS) is 11.0. The van der Waals surface area contributed by atoms with Gasteiger partial charge in [0.2, 0.25) is 5.91 Å². The Morgan fingerprint density at radius 1 is 1.24 bits per heavy atom. The van der Waals surface area contributed by atoms with E-state index in [9.17, 15) is 4.79 Å². The van der Waals surface area contributed by atoms with Gasteiger partial charge in [-0.05, 0) is 18.6 Å². The maximum absolute atomic E-state index is 11.2. The zero-order chi connectivity index (χ0) is 20.2. The Bertz CT molecular complexity index is 1120. The number of carbonyl (C=O) groups is 1. The highest BCUT2D eigenvalue weighted by Crippen LogP contribution is 2.30. The SMILES string of the molecule is CC(=O)Nc1nc(CSc2nnc(-c3ccoc3C)n2Cc2ccccc2)cs1. The Morgan fingerprint density at radius 3 is 2.79 bits per heavy atom. The molecule has 0 atom stereocenters. The lowest BCUT2D eigenvalue weighted by molar-refractivity contribution is -0.114. The van der Waals surface area contributed by atoms with Crippen LogP contribution < -0.4 is 5.32 Å². The van der Waals surface area contributed by atoms with Crippen LogP contribution in [-0.2, 0) is 17.1 Å². The third-order valence-corrected chi connectivity index (χ3v) is 5.99.